The number of halogens is 4. The van der Waals surface area contributed by atoms with Crippen molar-refractivity contribution in [3.8, 4) is 17.2 Å². The second-order valence-electron chi connectivity index (χ2n) is 10.7. The predicted molar refractivity (Wildman–Crippen MR) is 163 cm³/mol. The zero-order valence-electron chi connectivity index (χ0n) is 24.4. The monoisotopic (exact) mass is 645 g/mol. The number of alkyl halides is 2. The van der Waals surface area contributed by atoms with Gasteiger partial charge in [-0.3, -0.25) is 18.7 Å². The Morgan fingerprint density at radius 3 is 2.44 bits per heavy atom. The summed E-state index contributed by atoms with van der Waals surface area (Å²) in [6.07, 6.45) is -0.0316. The zero-order valence-corrected chi connectivity index (χ0v) is 25.1. The van der Waals surface area contributed by atoms with E-state index in [9.17, 15) is 23.2 Å². The minimum absolute atomic E-state index is 0.0267. The molecule has 4 aromatic rings. The highest BCUT2D eigenvalue weighted by molar-refractivity contribution is 6.30. The Balaban J connectivity index is 1.55. The van der Waals surface area contributed by atoms with E-state index in [1.165, 1.54) is 11.7 Å². The molecular formula is C32H31ClF3N3O6. The molecule has 1 fully saturated rings. The summed E-state index contributed by atoms with van der Waals surface area (Å²) < 4.78 is 60.5. The lowest BCUT2D eigenvalue weighted by Gasteiger charge is -2.31. The zero-order chi connectivity index (χ0) is 32.1. The van der Waals surface area contributed by atoms with Crippen LogP contribution in [-0.2, 0) is 17.9 Å². The number of hydrogen-bond donors (Lipinski definition) is 0. The first-order valence-electron chi connectivity index (χ1n) is 14.3. The summed E-state index contributed by atoms with van der Waals surface area (Å²) in [5.74, 6) is -0.435. The Bertz CT molecular complexity index is 1800. The maximum atomic E-state index is 15.2. The molecule has 0 aliphatic carbocycles. The van der Waals surface area contributed by atoms with Crippen molar-refractivity contribution in [2.75, 3.05) is 33.5 Å². The van der Waals surface area contributed by atoms with E-state index >= 15 is 4.39 Å². The fourth-order valence-corrected chi connectivity index (χ4v) is 5.58. The summed E-state index contributed by atoms with van der Waals surface area (Å²) in [5, 5.41) is 0.473. The van der Waals surface area contributed by atoms with Crippen LogP contribution in [-0.4, -0.2) is 60.1 Å². The van der Waals surface area contributed by atoms with Gasteiger partial charge < -0.3 is 19.1 Å². The van der Waals surface area contributed by atoms with Crippen LogP contribution in [0, 0.1) is 5.82 Å². The molecule has 1 aromatic heterocycles. The first kappa shape index (κ1) is 32.0. The molecule has 2 heterocycles. The van der Waals surface area contributed by atoms with Gasteiger partial charge in [0.05, 0.1) is 24.6 Å². The lowest BCUT2D eigenvalue weighted by molar-refractivity contribution is -0.119. The number of benzene rings is 3. The van der Waals surface area contributed by atoms with E-state index < -0.39 is 48.3 Å². The molecule has 1 aliphatic rings. The molecular weight excluding hydrogens is 615 g/mol. The number of piperidine rings is 1. The van der Waals surface area contributed by atoms with Gasteiger partial charge in [-0.1, -0.05) is 29.8 Å². The number of nitrogens with zero attached hydrogens (tertiary/aromatic N) is 3. The van der Waals surface area contributed by atoms with Crippen LogP contribution < -0.4 is 25.5 Å². The lowest BCUT2D eigenvalue weighted by Crippen LogP contribution is -2.44. The van der Waals surface area contributed by atoms with Crippen LogP contribution in [0.5, 0.6) is 17.2 Å². The molecule has 5 rings (SSSR count). The van der Waals surface area contributed by atoms with Crippen molar-refractivity contribution in [3.63, 3.8) is 0 Å². The topological polar surface area (TPSA) is 92.0 Å². The molecule has 0 saturated carbocycles. The highest BCUT2D eigenvalue weighted by Gasteiger charge is 2.26. The van der Waals surface area contributed by atoms with Gasteiger partial charge in [-0.05, 0) is 48.7 Å². The maximum absolute atomic E-state index is 15.2. The third-order valence-electron chi connectivity index (χ3n) is 7.76. The molecule has 0 bridgehead atoms. The normalized spacial score (nSPS) is 13.8. The Morgan fingerprint density at radius 1 is 1.02 bits per heavy atom. The second-order valence-corrected chi connectivity index (χ2v) is 11.1. The van der Waals surface area contributed by atoms with Gasteiger partial charge in [-0.25, -0.2) is 18.0 Å². The van der Waals surface area contributed by atoms with Crippen molar-refractivity contribution in [1.82, 2.24) is 14.0 Å². The van der Waals surface area contributed by atoms with Crippen LogP contribution in [0.2, 0.25) is 5.02 Å². The molecule has 0 unspecified atom stereocenters. The van der Waals surface area contributed by atoms with Gasteiger partial charge in [0.1, 0.15) is 31.5 Å². The number of ether oxygens (including phenoxy) is 3. The molecule has 238 valence electrons. The van der Waals surface area contributed by atoms with Crippen LogP contribution in [0.4, 0.5) is 13.2 Å². The molecule has 0 spiro atoms. The maximum Gasteiger partial charge on any atom is 0.332 e. The van der Waals surface area contributed by atoms with Crippen LogP contribution in [0.3, 0.4) is 0 Å². The number of rotatable bonds is 12. The number of hydrogen-bond acceptors (Lipinski definition) is 6. The summed E-state index contributed by atoms with van der Waals surface area (Å²) in [7, 11) is 1.49. The van der Waals surface area contributed by atoms with E-state index in [4.69, 9.17) is 25.8 Å². The van der Waals surface area contributed by atoms with Crippen molar-refractivity contribution in [2.45, 2.75) is 38.1 Å². The largest absolute Gasteiger partial charge is 0.496 e. The van der Waals surface area contributed by atoms with Gasteiger partial charge >= 0.3 is 5.69 Å². The number of likely N-dealkylation sites (tertiary alicyclic amines) is 1. The van der Waals surface area contributed by atoms with E-state index in [2.05, 4.69) is 0 Å². The van der Waals surface area contributed by atoms with E-state index in [1.54, 1.807) is 47.4 Å². The first-order chi connectivity index (χ1) is 21.8. The van der Waals surface area contributed by atoms with E-state index in [0.29, 0.717) is 53.6 Å². The number of fused-ring (bicyclic) bond motifs is 1. The van der Waals surface area contributed by atoms with Crippen LogP contribution in [0.1, 0.15) is 30.0 Å². The second kappa shape index (κ2) is 14.1. The molecule has 13 heteroatoms. The molecule has 0 N–H and O–H groups in total. The highest BCUT2D eigenvalue weighted by Crippen LogP contribution is 2.29. The smallest absolute Gasteiger partial charge is 0.332 e. The molecule has 1 aliphatic heterocycles. The first-order valence-corrected chi connectivity index (χ1v) is 14.6. The van der Waals surface area contributed by atoms with Crippen molar-refractivity contribution in [2.24, 2.45) is 0 Å². The fourth-order valence-electron chi connectivity index (χ4n) is 5.40. The fraction of sp³-hybridized carbons (Fsp3) is 0.344. The SMILES string of the molecule is COc1cc(Cn2c(=O)c3cc(OC(CF)CF)c(F)cc3n(C3CCN(C=O)CC3)c2=O)ccc1COc1cccc(Cl)c1. The number of aromatic nitrogens is 2. The molecule has 45 heavy (non-hydrogen) atoms. The summed E-state index contributed by atoms with van der Waals surface area (Å²) in [6, 6.07) is 13.7. The van der Waals surface area contributed by atoms with E-state index in [0.717, 1.165) is 23.1 Å². The van der Waals surface area contributed by atoms with Gasteiger partial charge in [0.2, 0.25) is 6.41 Å². The van der Waals surface area contributed by atoms with Crippen molar-refractivity contribution >= 4 is 28.9 Å². The average Bonchev–Trinajstić information content (AvgIpc) is 3.05. The third kappa shape index (κ3) is 6.95. The summed E-state index contributed by atoms with van der Waals surface area (Å²) in [4.78, 5) is 40.6. The highest BCUT2D eigenvalue weighted by atomic mass is 35.5. The van der Waals surface area contributed by atoms with E-state index in [1.807, 2.05) is 0 Å². The minimum atomic E-state index is -1.55. The van der Waals surface area contributed by atoms with Crippen molar-refractivity contribution < 1.29 is 32.2 Å². The van der Waals surface area contributed by atoms with Crippen molar-refractivity contribution in [1.29, 1.82) is 0 Å². The molecule has 1 amide bonds. The summed E-state index contributed by atoms with van der Waals surface area (Å²) in [5.41, 5.74) is -0.0980. The van der Waals surface area contributed by atoms with Crippen LogP contribution >= 0.6 is 11.6 Å². The van der Waals surface area contributed by atoms with Gasteiger partial charge in [-0.2, -0.15) is 0 Å². The van der Waals surface area contributed by atoms with Gasteiger partial charge in [0, 0.05) is 35.8 Å². The predicted octanol–water partition coefficient (Wildman–Crippen LogP) is 5.07. The Hall–Kier alpha value is -4.45. The number of methoxy groups -OCH3 is 1. The van der Waals surface area contributed by atoms with Gasteiger partial charge in [0.15, 0.2) is 17.7 Å². The van der Waals surface area contributed by atoms with Crippen LogP contribution in [0.15, 0.2) is 64.2 Å². The molecule has 1 saturated heterocycles. The minimum Gasteiger partial charge on any atom is -0.496 e. The quantitative estimate of drug-likeness (QED) is 0.200. The number of amides is 1. The summed E-state index contributed by atoms with van der Waals surface area (Å²) >= 11 is 6.04. The van der Waals surface area contributed by atoms with Gasteiger partial charge in [-0.15, -0.1) is 0 Å². The Morgan fingerprint density at radius 2 is 1.78 bits per heavy atom. The molecule has 0 atom stereocenters. The Labute approximate surface area is 261 Å². The average molecular weight is 646 g/mol. The molecule has 3 aromatic carbocycles. The van der Waals surface area contributed by atoms with Crippen molar-refractivity contribution in [3.05, 3.63) is 97.4 Å². The van der Waals surface area contributed by atoms with Crippen LogP contribution in [0.25, 0.3) is 10.9 Å². The third-order valence-corrected chi connectivity index (χ3v) is 7.99. The lowest BCUT2D eigenvalue weighted by atomic mass is 10.0. The Kier molecular flexibility index (Phi) is 10.0. The molecule has 0 radical (unpaired) electrons. The summed E-state index contributed by atoms with van der Waals surface area (Å²) in [6.45, 7) is -1.65. The van der Waals surface area contributed by atoms with Gasteiger partial charge in [0.25, 0.3) is 5.56 Å². The molecule has 9 nitrogen and oxygen atoms in total. The number of carbonyl (C=O) groups is 1. The standard InChI is InChI=1S/C32H31ClF3N3O6/c1-43-29-11-20(5-6-21(29)18-44-24-4-2-3-22(33)12-24)17-38-31(41)26-13-30(45-25(15-34)16-35)27(36)14-28(26)39(32(38)42)23-7-9-37(19-40)10-8-23/h2-6,11-14,19,23,25H,7-10,15-18H2,1H3. The van der Waals surface area contributed by atoms with E-state index in [-0.39, 0.29) is 24.1 Å². The number of carbonyl (C=O) groups excluding carboxylic acids is 1.